The third kappa shape index (κ3) is 3.50. The third-order valence-electron chi connectivity index (χ3n) is 4.47. The first-order valence-electron chi connectivity index (χ1n) is 8.23. The molecule has 2 aromatic rings. The summed E-state index contributed by atoms with van der Waals surface area (Å²) in [4.78, 5) is 0. The van der Waals surface area contributed by atoms with Gasteiger partial charge < -0.3 is 15.4 Å². The molecule has 124 valence electrons. The molecule has 2 atom stereocenters. The Hall–Kier alpha value is -2.01. The topological polar surface area (TPSA) is 51.1 Å². The summed E-state index contributed by atoms with van der Waals surface area (Å²) in [5.74, 6) is 2.61. The molecular formula is C18H26N4O. The first-order chi connectivity index (χ1) is 11.1. The summed E-state index contributed by atoms with van der Waals surface area (Å²) in [5, 5.41) is 11.6. The van der Waals surface area contributed by atoms with Crippen LogP contribution in [0.4, 0.5) is 5.82 Å². The Labute approximate surface area is 138 Å². The minimum absolute atomic E-state index is 0.255. The van der Waals surface area contributed by atoms with Gasteiger partial charge in [0.1, 0.15) is 11.6 Å². The van der Waals surface area contributed by atoms with Crippen molar-refractivity contribution in [1.82, 2.24) is 15.1 Å². The molecule has 0 aliphatic carbocycles. The van der Waals surface area contributed by atoms with Crippen molar-refractivity contribution in [2.24, 2.45) is 5.92 Å². The zero-order chi connectivity index (χ0) is 16.4. The number of aromatic nitrogens is 2. The molecule has 1 aromatic carbocycles. The first-order valence-corrected chi connectivity index (χ1v) is 8.23. The predicted molar refractivity (Wildman–Crippen MR) is 93.1 cm³/mol. The Morgan fingerprint density at radius 1 is 1.39 bits per heavy atom. The molecule has 2 heterocycles. The van der Waals surface area contributed by atoms with E-state index in [0.29, 0.717) is 5.92 Å². The zero-order valence-corrected chi connectivity index (χ0v) is 14.4. The Morgan fingerprint density at radius 3 is 3.00 bits per heavy atom. The van der Waals surface area contributed by atoms with E-state index < -0.39 is 0 Å². The van der Waals surface area contributed by atoms with Gasteiger partial charge in [-0.15, -0.1) is 0 Å². The fourth-order valence-corrected chi connectivity index (χ4v) is 3.17. The lowest BCUT2D eigenvalue weighted by Crippen LogP contribution is -2.36. The number of methoxy groups -OCH3 is 1. The van der Waals surface area contributed by atoms with Crippen LogP contribution < -0.4 is 15.4 Å². The summed E-state index contributed by atoms with van der Waals surface area (Å²) in [6.45, 7) is 9.23. The Balaban J connectivity index is 1.61. The molecule has 1 aliphatic rings. The normalized spacial score (nSPS) is 18.2. The van der Waals surface area contributed by atoms with Gasteiger partial charge in [0, 0.05) is 43.2 Å². The number of rotatable bonds is 5. The van der Waals surface area contributed by atoms with Crippen molar-refractivity contribution in [2.45, 2.75) is 33.4 Å². The number of anilines is 1. The maximum Gasteiger partial charge on any atom is 0.124 e. The van der Waals surface area contributed by atoms with Gasteiger partial charge in [0.2, 0.25) is 0 Å². The van der Waals surface area contributed by atoms with Crippen LogP contribution in [-0.2, 0) is 6.54 Å². The molecule has 3 rings (SSSR count). The maximum atomic E-state index is 5.50. The smallest absolute Gasteiger partial charge is 0.124 e. The lowest BCUT2D eigenvalue weighted by Gasteiger charge is -2.27. The number of hydrogen-bond acceptors (Lipinski definition) is 4. The number of nitrogens with one attached hydrogen (secondary N) is 2. The molecule has 0 saturated heterocycles. The highest BCUT2D eigenvalue weighted by atomic mass is 16.5. The van der Waals surface area contributed by atoms with E-state index >= 15 is 0 Å². The van der Waals surface area contributed by atoms with Crippen molar-refractivity contribution in [3.05, 3.63) is 41.1 Å². The van der Waals surface area contributed by atoms with Gasteiger partial charge in [-0.05, 0) is 26.8 Å². The molecule has 1 aromatic heterocycles. The zero-order valence-electron chi connectivity index (χ0n) is 14.4. The van der Waals surface area contributed by atoms with Crippen LogP contribution in [0.25, 0.3) is 0 Å². The molecule has 0 fully saturated rings. The Bertz CT molecular complexity index is 680. The summed E-state index contributed by atoms with van der Waals surface area (Å²) in [5.41, 5.74) is 3.54. The van der Waals surface area contributed by atoms with Crippen LogP contribution >= 0.6 is 0 Å². The molecule has 2 unspecified atom stereocenters. The van der Waals surface area contributed by atoms with Crippen molar-refractivity contribution in [1.29, 1.82) is 0 Å². The number of fused-ring (bicyclic) bond motifs is 1. The lowest BCUT2D eigenvalue weighted by atomic mass is 10.0. The number of ether oxygens (including phenoxy) is 1. The van der Waals surface area contributed by atoms with Gasteiger partial charge in [0.15, 0.2) is 0 Å². The van der Waals surface area contributed by atoms with E-state index in [9.17, 15) is 0 Å². The molecule has 1 aliphatic heterocycles. The van der Waals surface area contributed by atoms with E-state index in [0.717, 1.165) is 36.9 Å². The van der Waals surface area contributed by atoms with Gasteiger partial charge in [-0.25, -0.2) is 4.68 Å². The monoisotopic (exact) mass is 314 g/mol. The minimum Gasteiger partial charge on any atom is -0.496 e. The van der Waals surface area contributed by atoms with Gasteiger partial charge in [-0.1, -0.05) is 17.7 Å². The molecule has 0 radical (unpaired) electrons. The summed E-state index contributed by atoms with van der Waals surface area (Å²) in [6.07, 6.45) is 0. The highest BCUT2D eigenvalue weighted by Crippen LogP contribution is 2.26. The van der Waals surface area contributed by atoms with E-state index in [1.165, 1.54) is 11.1 Å². The number of benzene rings is 1. The lowest BCUT2D eigenvalue weighted by molar-refractivity contribution is 0.367. The van der Waals surface area contributed by atoms with Crippen LogP contribution in [0.1, 0.15) is 29.8 Å². The van der Waals surface area contributed by atoms with Crippen molar-refractivity contribution >= 4 is 5.82 Å². The van der Waals surface area contributed by atoms with Crippen LogP contribution in [0.2, 0.25) is 0 Å². The number of nitrogens with zero attached hydrogens (tertiary/aromatic N) is 2. The molecule has 2 N–H and O–H groups in total. The fraction of sp³-hybridized carbons (Fsp3) is 0.500. The number of hydrogen-bond donors (Lipinski definition) is 2. The molecule has 0 bridgehead atoms. The Kier molecular flexibility index (Phi) is 4.57. The van der Waals surface area contributed by atoms with Crippen LogP contribution in [-0.4, -0.2) is 30.0 Å². The quantitative estimate of drug-likeness (QED) is 0.891. The highest BCUT2D eigenvalue weighted by Gasteiger charge is 2.20. The number of aryl methyl sites for hydroxylation is 2. The second kappa shape index (κ2) is 6.62. The van der Waals surface area contributed by atoms with E-state index in [1.54, 1.807) is 7.11 Å². The summed E-state index contributed by atoms with van der Waals surface area (Å²) in [7, 11) is 1.73. The molecule has 5 heteroatoms. The summed E-state index contributed by atoms with van der Waals surface area (Å²) < 4.78 is 7.57. The van der Waals surface area contributed by atoms with Gasteiger partial charge in [-0.3, -0.25) is 0 Å². The van der Waals surface area contributed by atoms with Gasteiger partial charge >= 0.3 is 0 Å². The standard InChI is InChI=1S/C18H26N4O/c1-12-5-6-17(23-4)16(7-12)14(3)19-9-15-10-20-18-8-13(2)21-22(18)11-15/h5-8,14-15,19-20H,9-11H2,1-4H3. The second-order valence-corrected chi connectivity index (χ2v) is 6.48. The SMILES string of the molecule is COc1ccc(C)cc1C(C)NCC1CNc2cc(C)nn2C1. The Morgan fingerprint density at radius 2 is 2.22 bits per heavy atom. The van der Waals surface area contributed by atoms with Crippen LogP contribution in [0, 0.1) is 19.8 Å². The molecule has 23 heavy (non-hydrogen) atoms. The van der Waals surface area contributed by atoms with Gasteiger partial charge in [-0.2, -0.15) is 5.10 Å². The van der Waals surface area contributed by atoms with E-state index in [1.807, 2.05) is 13.0 Å². The maximum absolute atomic E-state index is 5.50. The largest absolute Gasteiger partial charge is 0.496 e. The summed E-state index contributed by atoms with van der Waals surface area (Å²) >= 11 is 0. The average Bonchev–Trinajstić information content (AvgIpc) is 2.91. The van der Waals surface area contributed by atoms with Crippen molar-refractivity contribution in [3.63, 3.8) is 0 Å². The minimum atomic E-state index is 0.255. The summed E-state index contributed by atoms with van der Waals surface area (Å²) in [6, 6.07) is 8.69. The van der Waals surface area contributed by atoms with Crippen LogP contribution in [0.5, 0.6) is 5.75 Å². The molecule has 0 spiro atoms. The molecular weight excluding hydrogens is 288 g/mol. The molecule has 0 saturated carbocycles. The first kappa shape index (κ1) is 15.9. The van der Waals surface area contributed by atoms with Crippen LogP contribution in [0.15, 0.2) is 24.3 Å². The van der Waals surface area contributed by atoms with E-state index in [4.69, 9.17) is 4.74 Å². The van der Waals surface area contributed by atoms with Crippen molar-refractivity contribution in [3.8, 4) is 5.75 Å². The van der Waals surface area contributed by atoms with E-state index in [-0.39, 0.29) is 6.04 Å². The van der Waals surface area contributed by atoms with Crippen molar-refractivity contribution < 1.29 is 4.74 Å². The van der Waals surface area contributed by atoms with Crippen molar-refractivity contribution in [2.75, 3.05) is 25.5 Å². The third-order valence-corrected chi connectivity index (χ3v) is 4.47. The van der Waals surface area contributed by atoms with Gasteiger partial charge in [0.25, 0.3) is 0 Å². The molecule has 5 nitrogen and oxygen atoms in total. The fourth-order valence-electron chi connectivity index (χ4n) is 3.17. The predicted octanol–water partition coefficient (Wildman–Crippen LogP) is 2.90. The second-order valence-electron chi connectivity index (χ2n) is 6.48. The van der Waals surface area contributed by atoms with Gasteiger partial charge in [0.05, 0.1) is 12.8 Å². The van der Waals surface area contributed by atoms with Crippen LogP contribution in [0.3, 0.4) is 0 Å². The highest BCUT2D eigenvalue weighted by molar-refractivity contribution is 5.39. The molecule has 0 amide bonds. The van der Waals surface area contributed by atoms with E-state index in [2.05, 4.69) is 52.5 Å². The average molecular weight is 314 g/mol.